The summed E-state index contributed by atoms with van der Waals surface area (Å²) in [4.78, 5) is 12.1. The number of hydrogen-bond donors (Lipinski definition) is 2. The normalized spacial score (nSPS) is 37.5. The van der Waals surface area contributed by atoms with Crippen molar-refractivity contribution in [2.75, 3.05) is 13.1 Å². The van der Waals surface area contributed by atoms with Crippen LogP contribution in [0.1, 0.15) is 57.8 Å². The summed E-state index contributed by atoms with van der Waals surface area (Å²) < 4.78 is 0. The monoisotopic (exact) mass is 300 g/mol. The molecule has 20 heavy (non-hydrogen) atoms. The second kappa shape index (κ2) is 6.65. The van der Waals surface area contributed by atoms with Crippen LogP contribution in [0, 0.1) is 23.2 Å². The number of rotatable bonds is 6. The highest BCUT2D eigenvalue weighted by Crippen LogP contribution is 2.61. The van der Waals surface area contributed by atoms with Crippen molar-refractivity contribution in [3.63, 3.8) is 0 Å². The molecule has 0 spiro atoms. The molecule has 4 rings (SSSR count). The first-order valence-electron chi connectivity index (χ1n) is 8.16. The molecule has 4 heteroatoms. The summed E-state index contributed by atoms with van der Waals surface area (Å²) in [6.45, 7) is 1.53. The largest absolute Gasteiger partial charge is 0.356 e. The van der Waals surface area contributed by atoms with E-state index in [4.69, 9.17) is 5.73 Å². The number of hydrogen-bond acceptors (Lipinski definition) is 2. The van der Waals surface area contributed by atoms with Crippen molar-refractivity contribution in [2.45, 2.75) is 57.8 Å². The molecule has 0 aliphatic heterocycles. The molecule has 0 heterocycles. The fraction of sp³-hybridized carbons (Fsp3) is 0.938. The summed E-state index contributed by atoms with van der Waals surface area (Å²) in [6.07, 6.45) is 11.2. The highest BCUT2D eigenvalue weighted by atomic mass is 35.5. The van der Waals surface area contributed by atoms with Crippen LogP contribution in [-0.2, 0) is 4.79 Å². The van der Waals surface area contributed by atoms with Crippen molar-refractivity contribution in [3.05, 3.63) is 0 Å². The summed E-state index contributed by atoms with van der Waals surface area (Å²) >= 11 is 0. The number of unbranched alkanes of at least 4 members (excludes halogenated alkanes) is 1. The van der Waals surface area contributed by atoms with E-state index in [9.17, 15) is 4.79 Å². The molecule has 4 aliphatic carbocycles. The van der Waals surface area contributed by atoms with Crippen molar-refractivity contribution < 1.29 is 4.79 Å². The zero-order valence-corrected chi connectivity index (χ0v) is 13.2. The first-order chi connectivity index (χ1) is 9.19. The van der Waals surface area contributed by atoms with E-state index < -0.39 is 0 Å². The summed E-state index contributed by atoms with van der Waals surface area (Å²) in [5, 5.41) is 3.10. The van der Waals surface area contributed by atoms with E-state index in [1.54, 1.807) is 0 Å². The highest BCUT2D eigenvalue weighted by Gasteiger charge is 2.51. The Kier molecular flexibility index (Phi) is 5.36. The van der Waals surface area contributed by atoms with Gasteiger partial charge in [0.2, 0.25) is 5.91 Å². The van der Waals surface area contributed by atoms with E-state index in [0.717, 1.165) is 50.1 Å². The van der Waals surface area contributed by atoms with E-state index in [1.165, 1.54) is 38.5 Å². The van der Waals surface area contributed by atoms with Crippen LogP contribution in [0.15, 0.2) is 0 Å². The summed E-state index contributed by atoms with van der Waals surface area (Å²) in [6, 6.07) is 0. The van der Waals surface area contributed by atoms with Gasteiger partial charge in [-0.2, -0.15) is 0 Å². The maximum Gasteiger partial charge on any atom is 0.220 e. The highest BCUT2D eigenvalue weighted by molar-refractivity contribution is 5.85. The fourth-order valence-electron chi connectivity index (χ4n) is 5.41. The van der Waals surface area contributed by atoms with Crippen LogP contribution in [0.4, 0.5) is 0 Å². The Hall–Kier alpha value is -0.280. The van der Waals surface area contributed by atoms with Crippen molar-refractivity contribution >= 4 is 18.3 Å². The molecule has 0 radical (unpaired) electrons. The molecule has 4 saturated carbocycles. The minimum Gasteiger partial charge on any atom is -0.356 e. The molecule has 1 amide bonds. The van der Waals surface area contributed by atoms with Gasteiger partial charge in [-0.15, -0.1) is 12.4 Å². The Morgan fingerprint density at radius 1 is 1.05 bits per heavy atom. The Morgan fingerprint density at radius 2 is 1.60 bits per heavy atom. The molecule has 116 valence electrons. The molecule has 0 aromatic heterocycles. The van der Waals surface area contributed by atoms with Gasteiger partial charge in [-0.05, 0) is 81.1 Å². The Morgan fingerprint density at radius 3 is 2.10 bits per heavy atom. The molecular weight excluding hydrogens is 272 g/mol. The molecule has 3 nitrogen and oxygen atoms in total. The molecule has 0 unspecified atom stereocenters. The number of amides is 1. The van der Waals surface area contributed by atoms with Crippen LogP contribution in [0.3, 0.4) is 0 Å². The molecule has 0 atom stereocenters. The third-order valence-electron chi connectivity index (χ3n) is 5.65. The third kappa shape index (κ3) is 3.48. The molecular formula is C16H29ClN2O. The van der Waals surface area contributed by atoms with Crippen LogP contribution in [0.2, 0.25) is 0 Å². The van der Waals surface area contributed by atoms with Crippen molar-refractivity contribution in [2.24, 2.45) is 28.9 Å². The molecule has 0 aromatic carbocycles. The van der Waals surface area contributed by atoms with Gasteiger partial charge in [0.15, 0.2) is 0 Å². The zero-order chi connectivity index (χ0) is 13.3. The summed E-state index contributed by atoms with van der Waals surface area (Å²) in [5.41, 5.74) is 5.85. The molecule has 4 fully saturated rings. The molecule has 0 saturated heterocycles. The Bertz CT molecular complexity index is 310. The minimum absolute atomic E-state index is 0. The molecule has 4 bridgehead atoms. The first-order valence-corrected chi connectivity index (χ1v) is 8.16. The lowest BCUT2D eigenvalue weighted by molar-refractivity contribution is -0.129. The standard InChI is InChI=1S/C16H28N2O.ClH/c17-3-1-2-4-18-15(19)11-16-8-12-5-13(9-16)7-14(6-12)10-16;/h12-14H,1-11,17H2,(H,18,19);1H. The van der Waals surface area contributed by atoms with Crippen molar-refractivity contribution in [3.8, 4) is 0 Å². The van der Waals surface area contributed by atoms with Crippen molar-refractivity contribution in [1.82, 2.24) is 5.32 Å². The van der Waals surface area contributed by atoms with Gasteiger partial charge in [0.25, 0.3) is 0 Å². The van der Waals surface area contributed by atoms with Crippen LogP contribution < -0.4 is 11.1 Å². The van der Waals surface area contributed by atoms with Gasteiger partial charge in [0.05, 0.1) is 0 Å². The van der Waals surface area contributed by atoms with Crippen LogP contribution in [0.5, 0.6) is 0 Å². The number of carbonyl (C=O) groups is 1. The van der Waals surface area contributed by atoms with E-state index >= 15 is 0 Å². The molecule has 4 aliphatic rings. The average Bonchev–Trinajstić information content (AvgIpc) is 2.32. The second-order valence-corrected chi connectivity index (χ2v) is 7.44. The Balaban J connectivity index is 0.00000147. The maximum absolute atomic E-state index is 12.1. The fourth-order valence-corrected chi connectivity index (χ4v) is 5.41. The lowest BCUT2D eigenvalue weighted by Crippen LogP contribution is -2.48. The van der Waals surface area contributed by atoms with Crippen LogP contribution >= 0.6 is 12.4 Å². The third-order valence-corrected chi connectivity index (χ3v) is 5.65. The number of halogens is 1. The smallest absolute Gasteiger partial charge is 0.220 e. The summed E-state index contributed by atoms with van der Waals surface area (Å²) in [5.74, 6) is 3.11. The number of nitrogens with one attached hydrogen (secondary N) is 1. The van der Waals surface area contributed by atoms with Crippen molar-refractivity contribution in [1.29, 1.82) is 0 Å². The van der Waals surface area contributed by atoms with Gasteiger partial charge < -0.3 is 11.1 Å². The lowest BCUT2D eigenvalue weighted by atomic mass is 9.49. The zero-order valence-electron chi connectivity index (χ0n) is 12.4. The maximum atomic E-state index is 12.1. The second-order valence-electron chi connectivity index (χ2n) is 7.44. The predicted octanol–water partition coefficient (Wildman–Crippen LogP) is 2.87. The average molecular weight is 301 g/mol. The first kappa shape index (κ1) is 16.1. The van der Waals surface area contributed by atoms with Gasteiger partial charge in [0.1, 0.15) is 0 Å². The van der Waals surface area contributed by atoms with E-state index in [1.807, 2.05) is 0 Å². The number of nitrogens with two attached hydrogens (primary N) is 1. The molecule has 3 N–H and O–H groups in total. The minimum atomic E-state index is 0. The SMILES string of the molecule is Cl.NCCCCNC(=O)CC12CC3CC(CC(C3)C1)C2. The van der Waals surface area contributed by atoms with E-state index in [2.05, 4.69) is 5.32 Å². The predicted molar refractivity (Wildman–Crippen MR) is 83.8 cm³/mol. The van der Waals surface area contributed by atoms with E-state index in [0.29, 0.717) is 11.3 Å². The quantitative estimate of drug-likeness (QED) is 0.741. The summed E-state index contributed by atoms with van der Waals surface area (Å²) in [7, 11) is 0. The van der Waals surface area contributed by atoms with Gasteiger partial charge >= 0.3 is 0 Å². The van der Waals surface area contributed by atoms with Gasteiger partial charge in [-0.3, -0.25) is 4.79 Å². The van der Waals surface area contributed by atoms with Crippen LogP contribution in [-0.4, -0.2) is 19.0 Å². The van der Waals surface area contributed by atoms with Gasteiger partial charge in [-0.1, -0.05) is 0 Å². The van der Waals surface area contributed by atoms with Gasteiger partial charge in [-0.25, -0.2) is 0 Å². The van der Waals surface area contributed by atoms with Gasteiger partial charge in [0, 0.05) is 13.0 Å². The topological polar surface area (TPSA) is 55.1 Å². The number of carbonyl (C=O) groups excluding carboxylic acids is 1. The van der Waals surface area contributed by atoms with E-state index in [-0.39, 0.29) is 12.4 Å². The van der Waals surface area contributed by atoms with Crippen LogP contribution in [0.25, 0.3) is 0 Å². The molecule has 0 aromatic rings. The lowest BCUT2D eigenvalue weighted by Gasteiger charge is -2.56. The Labute approximate surface area is 128 Å².